The van der Waals surface area contributed by atoms with Crippen molar-refractivity contribution in [2.45, 2.75) is 49.6 Å². The Morgan fingerprint density at radius 1 is 1.00 bits per heavy atom. The minimum Gasteiger partial charge on any atom is -0.207 e. The summed E-state index contributed by atoms with van der Waals surface area (Å²) in [6.07, 6.45) is 8.22. The third-order valence-electron chi connectivity index (χ3n) is 4.03. The van der Waals surface area contributed by atoms with E-state index >= 15 is 0 Å². The Balaban J connectivity index is 1.84. The summed E-state index contributed by atoms with van der Waals surface area (Å²) < 4.78 is 26.9. The Kier molecular flexibility index (Phi) is 3.23. The van der Waals surface area contributed by atoms with Crippen molar-refractivity contribution in [1.82, 2.24) is 4.31 Å². The molecule has 3 atom stereocenters. The van der Waals surface area contributed by atoms with Crippen LogP contribution in [0.1, 0.15) is 31.2 Å². The average Bonchev–Trinajstić information content (AvgIpc) is 3.02. The molecule has 19 heavy (non-hydrogen) atoms. The van der Waals surface area contributed by atoms with E-state index in [0.717, 1.165) is 31.2 Å². The monoisotopic (exact) mass is 277 g/mol. The zero-order valence-electron chi connectivity index (χ0n) is 11.1. The lowest BCUT2D eigenvalue weighted by atomic mass is 10.1. The second-order valence-electron chi connectivity index (χ2n) is 5.41. The summed E-state index contributed by atoms with van der Waals surface area (Å²) in [7, 11) is -3.29. The number of sulfonamides is 1. The summed E-state index contributed by atoms with van der Waals surface area (Å²) in [5.41, 5.74) is 1.08. The van der Waals surface area contributed by atoms with E-state index in [1.165, 1.54) is 0 Å². The Labute approximate surface area is 115 Å². The van der Waals surface area contributed by atoms with E-state index in [1.54, 1.807) is 16.4 Å². The second kappa shape index (κ2) is 4.76. The van der Waals surface area contributed by atoms with Gasteiger partial charge in [0.15, 0.2) is 0 Å². The van der Waals surface area contributed by atoms with Crippen molar-refractivity contribution in [2.24, 2.45) is 0 Å². The number of aryl methyl sites for hydroxylation is 1. The van der Waals surface area contributed by atoms with E-state index < -0.39 is 10.0 Å². The highest BCUT2D eigenvalue weighted by atomic mass is 32.2. The SMILES string of the molecule is Cc1ccc(S(=O)(=O)N2[C@@H]3CC/C=C\CC[C@@H]32)cc1. The molecule has 1 unspecified atom stereocenters. The molecule has 1 aromatic rings. The predicted molar refractivity (Wildman–Crippen MR) is 75.4 cm³/mol. The molecule has 1 fully saturated rings. The predicted octanol–water partition coefficient (Wildman–Crippen LogP) is 2.87. The first-order valence-electron chi connectivity index (χ1n) is 6.86. The smallest absolute Gasteiger partial charge is 0.207 e. The van der Waals surface area contributed by atoms with Gasteiger partial charge in [-0.25, -0.2) is 8.42 Å². The number of benzene rings is 1. The van der Waals surface area contributed by atoms with E-state index in [-0.39, 0.29) is 12.1 Å². The Morgan fingerprint density at radius 3 is 2.05 bits per heavy atom. The van der Waals surface area contributed by atoms with Gasteiger partial charge in [-0.15, -0.1) is 0 Å². The minimum atomic E-state index is -3.29. The van der Waals surface area contributed by atoms with Gasteiger partial charge in [-0.1, -0.05) is 29.8 Å². The molecule has 3 nitrogen and oxygen atoms in total. The van der Waals surface area contributed by atoms with Crippen LogP contribution in [-0.4, -0.2) is 24.8 Å². The maximum atomic E-state index is 12.6. The normalized spacial score (nSPS) is 31.9. The van der Waals surface area contributed by atoms with Gasteiger partial charge in [0.2, 0.25) is 10.0 Å². The Bertz CT molecular complexity index is 573. The molecule has 1 aliphatic heterocycles. The van der Waals surface area contributed by atoms with E-state index in [1.807, 2.05) is 19.1 Å². The molecule has 2 aliphatic rings. The van der Waals surface area contributed by atoms with Crippen LogP contribution in [0.25, 0.3) is 0 Å². The number of nitrogens with zero attached hydrogens (tertiary/aromatic N) is 1. The molecular weight excluding hydrogens is 258 g/mol. The summed E-state index contributed by atoms with van der Waals surface area (Å²) in [6.45, 7) is 1.97. The molecule has 0 spiro atoms. The minimum absolute atomic E-state index is 0.219. The molecule has 1 aliphatic carbocycles. The molecule has 4 heteroatoms. The molecule has 0 radical (unpaired) electrons. The molecule has 3 rings (SSSR count). The number of allylic oxidation sites excluding steroid dienone is 2. The molecule has 1 heterocycles. The molecular formula is C15H19NO2S. The van der Waals surface area contributed by atoms with Crippen LogP contribution in [0, 0.1) is 6.92 Å². The summed E-state index contributed by atoms with van der Waals surface area (Å²) in [5, 5.41) is 0. The summed E-state index contributed by atoms with van der Waals surface area (Å²) in [5.74, 6) is 0. The molecule has 0 N–H and O–H groups in total. The topological polar surface area (TPSA) is 37.1 Å². The van der Waals surface area contributed by atoms with Gasteiger partial charge >= 0.3 is 0 Å². The van der Waals surface area contributed by atoms with Gasteiger partial charge in [0.05, 0.1) is 4.90 Å². The molecule has 0 amide bonds. The van der Waals surface area contributed by atoms with Crippen LogP contribution in [-0.2, 0) is 10.0 Å². The van der Waals surface area contributed by atoms with Crippen molar-refractivity contribution in [3.8, 4) is 0 Å². The van der Waals surface area contributed by atoms with E-state index in [4.69, 9.17) is 0 Å². The van der Waals surface area contributed by atoms with Gasteiger partial charge in [-0.05, 0) is 44.7 Å². The van der Waals surface area contributed by atoms with Gasteiger partial charge in [0.25, 0.3) is 0 Å². The first-order valence-corrected chi connectivity index (χ1v) is 8.30. The largest absolute Gasteiger partial charge is 0.243 e. The van der Waals surface area contributed by atoms with E-state index in [9.17, 15) is 8.42 Å². The van der Waals surface area contributed by atoms with Gasteiger partial charge in [-0.3, -0.25) is 0 Å². The number of fused-ring (bicyclic) bond motifs is 1. The first-order chi connectivity index (χ1) is 9.10. The lowest BCUT2D eigenvalue weighted by Gasteiger charge is -2.07. The first kappa shape index (κ1) is 12.9. The molecule has 0 bridgehead atoms. The fraction of sp³-hybridized carbons (Fsp3) is 0.467. The van der Waals surface area contributed by atoms with Crippen LogP contribution in [0.5, 0.6) is 0 Å². The zero-order chi connectivity index (χ0) is 13.5. The van der Waals surface area contributed by atoms with Crippen molar-refractivity contribution in [3.05, 3.63) is 42.0 Å². The lowest BCUT2D eigenvalue weighted by Crippen LogP contribution is -2.16. The summed E-state index contributed by atoms with van der Waals surface area (Å²) in [4.78, 5) is 0.429. The summed E-state index contributed by atoms with van der Waals surface area (Å²) in [6, 6.07) is 7.59. The maximum Gasteiger partial charge on any atom is 0.243 e. The van der Waals surface area contributed by atoms with E-state index in [2.05, 4.69) is 12.2 Å². The van der Waals surface area contributed by atoms with Crippen molar-refractivity contribution in [2.75, 3.05) is 0 Å². The highest BCUT2D eigenvalue weighted by molar-refractivity contribution is 7.89. The second-order valence-corrected chi connectivity index (χ2v) is 7.25. The van der Waals surface area contributed by atoms with Gasteiger partial charge < -0.3 is 0 Å². The van der Waals surface area contributed by atoms with Crippen LogP contribution in [0.3, 0.4) is 0 Å². The van der Waals surface area contributed by atoms with Crippen molar-refractivity contribution in [3.63, 3.8) is 0 Å². The van der Waals surface area contributed by atoms with E-state index in [0.29, 0.717) is 4.90 Å². The van der Waals surface area contributed by atoms with Crippen molar-refractivity contribution >= 4 is 10.0 Å². The fourth-order valence-corrected chi connectivity index (χ4v) is 4.78. The lowest BCUT2D eigenvalue weighted by molar-refractivity contribution is 0.539. The number of rotatable bonds is 2. The summed E-state index contributed by atoms with van der Waals surface area (Å²) >= 11 is 0. The highest BCUT2D eigenvalue weighted by Gasteiger charge is 2.54. The van der Waals surface area contributed by atoms with Gasteiger partial charge in [0.1, 0.15) is 0 Å². The molecule has 1 aromatic carbocycles. The number of hydrogen-bond donors (Lipinski definition) is 0. The Morgan fingerprint density at radius 2 is 1.53 bits per heavy atom. The fourth-order valence-electron chi connectivity index (χ4n) is 2.91. The van der Waals surface area contributed by atoms with Crippen LogP contribution in [0.15, 0.2) is 41.3 Å². The third kappa shape index (κ3) is 2.35. The molecule has 0 aromatic heterocycles. The van der Waals surface area contributed by atoms with Crippen LogP contribution >= 0.6 is 0 Å². The molecule has 1 saturated heterocycles. The van der Waals surface area contributed by atoms with Crippen LogP contribution in [0.4, 0.5) is 0 Å². The maximum absolute atomic E-state index is 12.6. The highest BCUT2D eigenvalue weighted by Crippen LogP contribution is 2.42. The molecule has 102 valence electrons. The average molecular weight is 277 g/mol. The van der Waals surface area contributed by atoms with Crippen LogP contribution in [0.2, 0.25) is 0 Å². The quantitative estimate of drug-likeness (QED) is 0.616. The standard InChI is InChI=1S/C15H19NO2S/c1-12-8-10-13(11-9-12)19(17,18)16-14-6-4-2-3-5-7-15(14)16/h2-3,8-11,14-15H,4-7H2,1H3/b3-2-/t14-,15+,16?. The Hall–Kier alpha value is -1.13. The van der Waals surface area contributed by atoms with Gasteiger partial charge in [0, 0.05) is 12.1 Å². The van der Waals surface area contributed by atoms with Crippen molar-refractivity contribution < 1.29 is 8.42 Å². The molecule has 0 saturated carbocycles. The van der Waals surface area contributed by atoms with Crippen LogP contribution < -0.4 is 0 Å². The van der Waals surface area contributed by atoms with Gasteiger partial charge in [-0.2, -0.15) is 4.31 Å². The van der Waals surface area contributed by atoms with Crippen molar-refractivity contribution in [1.29, 1.82) is 0 Å². The third-order valence-corrected chi connectivity index (χ3v) is 5.99. The zero-order valence-corrected chi connectivity index (χ0v) is 11.9. The number of hydrogen-bond acceptors (Lipinski definition) is 2.